The summed E-state index contributed by atoms with van der Waals surface area (Å²) < 4.78 is 11.1. The van der Waals surface area contributed by atoms with Gasteiger partial charge >= 0.3 is 0 Å². The van der Waals surface area contributed by atoms with Crippen molar-refractivity contribution in [2.75, 3.05) is 14.2 Å². The molecule has 1 atom stereocenters. The van der Waals surface area contributed by atoms with Crippen LogP contribution in [0.1, 0.15) is 28.2 Å². The molecule has 0 saturated carbocycles. The zero-order valence-electron chi connectivity index (χ0n) is 12.0. The highest BCUT2D eigenvalue weighted by atomic mass is 35.5. The smallest absolute Gasteiger partial charge is 0.261 e. The summed E-state index contributed by atoms with van der Waals surface area (Å²) in [7, 11) is 3.17. The number of halogens is 1. The molecule has 0 aliphatic heterocycles. The molecule has 2 rings (SSSR count). The quantitative estimate of drug-likeness (QED) is 0.906. The third-order valence-electron chi connectivity index (χ3n) is 3.05. The van der Waals surface area contributed by atoms with E-state index < -0.39 is 0 Å². The predicted molar refractivity (Wildman–Crippen MR) is 84.8 cm³/mol. The summed E-state index contributed by atoms with van der Waals surface area (Å²) in [5.74, 6) is 1.15. The van der Waals surface area contributed by atoms with Gasteiger partial charge in [-0.25, -0.2) is 0 Å². The molecule has 1 unspecified atom stereocenters. The lowest BCUT2D eigenvalue weighted by Gasteiger charge is -2.16. The first kappa shape index (κ1) is 15.7. The van der Waals surface area contributed by atoms with Crippen LogP contribution in [0, 0.1) is 0 Å². The van der Waals surface area contributed by atoms with Crippen LogP contribution in [0.3, 0.4) is 0 Å². The molecule has 1 aromatic carbocycles. The molecular formula is C15H16ClNO3S. The summed E-state index contributed by atoms with van der Waals surface area (Å²) in [6.07, 6.45) is 0. The molecule has 6 heteroatoms. The van der Waals surface area contributed by atoms with Gasteiger partial charge in [-0.1, -0.05) is 17.7 Å². The van der Waals surface area contributed by atoms with Gasteiger partial charge in [0.25, 0.3) is 5.91 Å². The fourth-order valence-electron chi connectivity index (χ4n) is 1.91. The van der Waals surface area contributed by atoms with Gasteiger partial charge in [0.05, 0.1) is 29.5 Å². The average Bonchev–Trinajstić information content (AvgIpc) is 2.93. The van der Waals surface area contributed by atoms with E-state index in [1.54, 1.807) is 26.4 Å². The van der Waals surface area contributed by atoms with E-state index in [2.05, 4.69) is 5.32 Å². The van der Waals surface area contributed by atoms with Crippen molar-refractivity contribution in [1.29, 1.82) is 0 Å². The molecule has 0 aliphatic carbocycles. The maximum Gasteiger partial charge on any atom is 0.261 e. The van der Waals surface area contributed by atoms with Crippen LogP contribution < -0.4 is 14.8 Å². The summed E-state index contributed by atoms with van der Waals surface area (Å²) >= 11 is 7.09. The standard InChI is InChI=1S/C15H16ClNO3S/c1-9(17-15(18)13-6-7-14(16)21-13)10-4-5-11(19-2)12(8-10)20-3/h4-9H,1-3H3,(H,17,18). The van der Waals surface area contributed by atoms with Crippen LogP contribution in [0.2, 0.25) is 4.34 Å². The number of carbonyl (C=O) groups excluding carboxylic acids is 1. The van der Waals surface area contributed by atoms with Crippen molar-refractivity contribution in [2.45, 2.75) is 13.0 Å². The van der Waals surface area contributed by atoms with Gasteiger partial charge in [0.15, 0.2) is 11.5 Å². The van der Waals surface area contributed by atoms with E-state index >= 15 is 0 Å². The van der Waals surface area contributed by atoms with Gasteiger partial charge in [-0.3, -0.25) is 4.79 Å². The third-order valence-corrected chi connectivity index (χ3v) is 4.28. The second-order valence-corrected chi connectivity index (χ2v) is 6.13. The third kappa shape index (κ3) is 3.68. The Morgan fingerprint density at radius 3 is 2.48 bits per heavy atom. The highest BCUT2D eigenvalue weighted by molar-refractivity contribution is 7.17. The summed E-state index contributed by atoms with van der Waals surface area (Å²) in [6.45, 7) is 1.91. The molecule has 1 heterocycles. The summed E-state index contributed by atoms with van der Waals surface area (Å²) in [6, 6.07) is 8.84. The summed E-state index contributed by atoms with van der Waals surface area (Å²) in [5.41, 5.74) is 0.934. The highest BCUT2D eigenvalue weighted by Crippen LogP contribution is 2.30. The highest BCUT2D eigenvalue weighted by Gasteiger charge is 2.15. The SMILES string of the molecule is COc1ccc(C(C)NC(=O)c2ccc(Cl)s2)cc1OC. The van der Waals surface area contributed by atoms with E-state index in [4.69, 9.17) is 21.1 Å². The monoisotopic (exact) mass is 325 g/mol. The van der Waals surface area contributed by atoms with Crippen LogP contribution in [0.4, 0.5) is 0 Å². The molecule has 1 aromatic heterocycles. The van der Waals surface area contributed by atoms with Gasteiger partial charge in [-0.15, -0.1) is 11.3 Å². The van der Waals surface area contributed by atoms with Crippen molar-refractivity contribution in [2.24, 2.45) is 0 Å². The number of ether oxygens (including phenoxy) is 2. The minimum atomic E-state index is -0.154. The van der Waals surface area contributed by atoms with Crippen molar-refractivity contribution < 1.29 is 14.3 Å². The van der Waals surface area contributed by atoms with Gasteiger partial charge in [0.1, 0.15) is 0 Å². The number of hydrogen-bond donors (Lipinski definition) is 1. The Hall–Kier alpha value is -1.72. The molecule has 0 aliphatic rings. The average molecular weight is 326 g/mol. The van der Waals surface area contributed by atoms with Crippen molar-refractivity contribution in [3.8, 4) is 11.5 Å². The van der Waals surface area contributed by atoms with Crippen molar-refractivity contribution in [1.82, 2.24) is 5.32 Å². The Labute approximate surface area is 132 Å². The Bertz CT molecular complexity index is 642. The number of nitrogens with one attached hydrogen (secondary N) is 1. The molecular weight excluding hydrogens is 310 g/mol. The predicted octanol–water partition coefficient (Wildman–Crippen LogP) is 3.91. The maximum absolute atomic E-state index is 12.1. The fourth-order valence-corrected chi connectivity index (χ4v) is 2.86. The van der Waals surface area contributed by atoms with Crippen LogP contribution in [-0.2, 0) is 0 Å². The Morgan fingerprint density at radius 1 is 1.19 bits per heavy atom. The zero-order chi connectivity index (χ0) is 15.4. The van der Waals surface area contributed by atoms with Gasteiger partial charge in [-0.05, 0) is 36.8 Å². The van der Waals surface area contributed by atoms with Gasteiger partial charge in [0.2, 0.25) is 0 Å². The summed E-state index contributed by atoms with van der Waals surface area (Å²) in [5, 5.41) is 2.93. The van der Waals surface area contributed by atoms with E-state index in [9.17, 15) is 4.79 Å². The summed E-state index contributed by atoms with van der Waals surface area (Å²) in [4.78, 5) is 12.7. The van der Waals surface area contributed by atoms with Crippen LogP contribution >= 0.6 is 22.9 Å². The molecule has 21 heavy (non-hydrogen) atoms. The first-order valence-corrected chi connectivity index (χ1v) is 7.52. The Balaban J connectivity index is 2.13. The number of amides is 1. The second kappa shape index (κ2) is 6.83. The molecule has 0 saturated heterocycles. The first-order chi connectivity index (χ1) is 10.0. The number of carbonyl (C=O) groups is 1. The van der Waals surface area contributed by atoms with E-state index in [0.29, 0.717) is 20.7 Å². The molecule has 4 nitrogen and oxygen atoms in total. The number of methoxy groups -OCH3 is 2. The van der Waals surface area contributed by atoms with Crippen molar-refractivity contribution in [3.05, 3.63) is 45.1 Å². The molecule has 0 radical (unpaired) electrons. The Morgan fingerprint density at radius 2 is 1.90 bits per heavy atom. The molecule has 1 N–H and O–H groups in total. The van der Waals surface area contributed by atoms with E-state index in [0.717, 1.165) is 5.56 Å². The molecule has 2 aromatic rings. The van der Waals surface area contributed by atoms with E-state index in [1.165, 1.54) is 11.3 Å². The fraction of sp³-hybridized carbons (Fsp3) is 0.267. The molecule has 0 spiro atoms. The number of thiophene rings is 1. The van der Waals surface area contributed by atoms with Gasteiger partial charge in [0, 0.05) is 0 Å². The minimum absolute atomic E-state index is 0.144. The van der Waals surface area contributed by atoms with Crippen LogP contribution in [-0.4, -0.2) is 20.1 Å². The van der Waals surface area contributed by atoms with Crippen LogP contribution in [0.15, 0.2) is 30.3 Å². The lowest BCUT2D eigenvalue weighted by molar-refractivity contribution is 0.0944. The topological polar surface area (TPSA) is 47.6 Å². The lowest BCUT2D eigenvalue weighted by Crippen LogP contribution is -2.25. The molecule has 0 bridgehead atoms. The number of hydrogen-bond acceptors (Lipinski definition) is 4. The maximum atomic E-state index is 12.1. The Kier molecular flexibility index (Phi) is 5.09. The molecule has 0 fully saturated rings. The van der Waals surface area contributed by atoms with Crippen LogP contribution in [0.25, 0.3) is 0 Å². The number of rotatable bonds is 5. The molecule has 112 valence electrons. The minimum Gasteiger partial charge on any atom is -0.493 e. The molecule has 1 amide bonds. The largest absolute Gasteiger partial charge is 0.493 e. The zero-order valence-corrected chi connectivity index (χ0v) is 13.5. The lowest BCUT2D eigenvalue weighted by atomic mass is 10.1. The first-order valence-electron chi connectivity index (χ1n) is 6.33. The van der Waals surface area contributed by atoms with Gasteiger partial charge < -0.3 is 14.8 Å². The van der Waals surface area contributed by atoms with Crippen molar-refractivity contribution >= 4 is 28.8 Å². The van der Waals surface area contributed by atoms with E-state index in [-0.39, 0.29) is 11.9 Å². The second-order valence-electron chi connectivity index (χ2n) is 4.41. The van der Waals surface area contributed by atoms with E-state index in [1.807, 2.05) is 25.1 Å². The van der Waals surface area contributed by atoms with Crippen LogP contribution in [0.5, 0.6) is 11.5 Å². The normalized spacial score (nSPS) is 11.8. The van der Waals surface area contributed by atoms with Gasteiger partial charge in [-0.2, -0.15) is 0 Å². The van der Waals surface area contributed by atoms with Crippen molar-refractivity contribution in [3.63, 3.8) is 0 Å². The number of benzene rings is 1.